The number of carbonyl (C=O) groups is 1. The van der Waals surface area contributed by atoms with Crippen LogP contribution in [0.3, 0.4) is 0 Å². The molecule has 2 N–H and O–H groups in total. The smallest absolute Gasteiger partial charge is 0.261 e. The SMILES string of the molecule is Cc1ccc(C(=O)NCc2cccnc2)cc1NS(=O)(=O)c1ccc(F)cc1. The summed E-state index contributed by atoms with van der Waals surface area (Å²) in [6.45, 7) is 2.02. The van der Waals surface area contributed by atoms with Crippen molar-refractivity contribution in [1.29, 1.82) is 0 Å². The van der Waals surface area contributed by atoms with E-state index in [2.05, 4.69) is 15.0 Å². The number of nitrogens with one attached hydrogen (secondary N) is 2. The lowest BCUT2D eigenvalue weighted by molar-refractivity contribution is 0.0951. The molecule has 3 rings (SSSR count). The maximum atomic E-state index is 13.0. The Morgan fingerprint density at radius 1 is 1.11 bits per heavy atom. The van der Waals surface area contributed by atoms with Crippen LogP contribution in [0.4, 0.5) is 10.1 Å². The molecule has 3 aromatic rings. The molecular formula is C20H18FN3O3S. The standard InChI is InChI=1S/C20H18FN3O3S/c1-14-4-5-16(20(25)23-13-15-3-2-10-22-12-15)11-19(14)24-28(26,27)18-8-6-17(21)7-9-18/h2-12,24H,13H2,1H3,(H,23,25). The van der Waals surface area contributed by atoms with Gasteiger partial charge in [0.25, 0.3) is 15.9 Å². The third kappa shape index (κ3) is 4.72. The first kappa shape index (κ1) is 19.5. The molecular weight excluding hydrogens is 381 g/mol. The van der Waals surface area contributed by atoms with Gasteiger partial charge in [0.05, 0.1) is 10.6 Å². The maximum absolute atomic E-state index is 13.0. The Balaban J connectivity index is 1.77. The highest BCUT2D eigenvalue weighted by molar-refractivity contribution is 7.92. The van der Waals surface area contributed by atoms with Gasteiger partial charge in [-0.25, -0.2) is 12.8 Å². The molecule has 1 aromatic heterocycles. The van der Waals surface area contributed by atoms with E-state index < -0.39 is 15.8 Å². The lowest BCUT2D eigenvalue weighted by Gasteiger charge is -2.12. The minimum absolute atomic E-state index is 0.0697. The lowest BCUT2D eigenvalue weighted by atomic mass is 10.1. The number of nitrogens with zero attached hydrogens (tertiary/aromatic N) is 1. The molecule has 8 heteroatoms. The number of carbonyl (C=O) groups excluding carboxylic acids is 1. The molecule has 6 nitrogen and oxygen atoms in total. The van der Waals surface area contributed by atoms with Crippen LogP contribution in [0.5, 0.6) is 0 Å². The van der Waals surface area contributed by atoms with E-state index in [9.17, 15) is 17.6 Å². The van der Waals surface area contributed by atoms with Crippen molar-refractivity contribution in [3.05, 3.63) is 89.5 Å². The Morgan fingerprint density at radius 3 is 2.54 bits per heavy atom. The van der Waals surface area contributed by atoms with Crippen LogP contribution in [0.25, 0.3) is 0 Å². The molecule has 0 spiro atoms. The average Bonchev–Trinajstić information content (AvgIpc) is 2.69. The summed E-state index contributed by atoms with van der Waals surface area (Å²) in [7, 11) is -3.91. The molecule has 144 valence electrons. The predicted molar refractivity (Wildman–Crippen MR) is 104 cm³/mol. The fraction of sp³-hybridized carbons (Fsp3) is 0.100. The summed E-state index contributed by atoms with van der Waals surface area (Å²) in [6.07, 6.45) is 3.29. The van der Waals surface area contributed by atoms with Gasteiger partial charge in [0.2, 0.25) is 0 Å². The monoisotopic (exact) mass is 399 g/mol. The number of benzene rings is 2. The van der Waals surface area contributed by atoms with Gasteiger partial charge in [-0.15, -0.1) is 0 Å². The number of hydrogen-bond acceptors (Lipinski definition) is 4. The fourth-order valence-corrected chi connectivity index (χ4v) is 3.60. The van der Waals surface area contributed by atoms with Gasteiger partial charge in [-0.05, 0) is 60.5 Å². The van der Waals surface area contributed by atoms with Crippen molar-refractivity contribution in [3.8, 4) is 0 Å². The number of pyridine rings is 1. The van der Waals surface area contributed by atoms with Gasteiger partial charge < -0.3 is 5.32 Å². The van der Waals surface area contributed by atoms with E-state index >= 15 is 0 Å². The average molecular weight is 399 g/mol. The second-order valence-corrected chi connectivity index (χ2v) is 7.82. The van der Waals surface area contributed by atoms with E-state index in [0.29, 0.717) is 17.7 Å². The summed E-state index contributed by atoms with van der Waals surface area (Å²) in [5.74, 6) is -0.867. The van der Waals surface area contributed by atoms with Crippen LogP contribution in [0, 0.1) is 12.7 Å². The number of halogens is 1. The van der Waals surface area contributed by atoms with Crippen LogP contribution < -0.4 is 10.0 Å². The molecule has 0 aliphatic rings. The van der Waals surface area contributed by atoms with E-state index in [1.54, 1.807) is 37.5 Å². The first-order valence-electron chi connectivity index (χ1n) is 8.41. The van der Waals surface area contributed by atoms with Crippen molar-refractivity contribution in [2.75, 3.05) is 4.72 Å². The third-order valence-electron chi connectivity index (χ3n) is 4.04. The van der Waals surface area contributed by atoms with Gasteiger partial charge in [-0.3, -0.25) is 14.5 Å². The summed E-state index contributed by atoms with van der Waals surface area (Å²) in [5, 5.41) is 2.76. The molecule has 0 aliphatic carbocycles. The Kier molecular flexibility index (Phi) is 5.70. The summed E-state index contributed by atoms with van der Waals surface area (Å²) in [4.78, 5) is 16.3. The molecule has 0 radical (unpaired) electrons. The minimum atomic E-state index is -3.91. The normalized spacial score (nSPS) is 11.1. The number of rotatable bonds is 6. The van der Waals surface area contributed by atoms with Gasteiger partial charge in [-0.2, -0.15) is 0 Å². The van der Waals surface area contributed by atoms with Crippen LogP contribution in [-0.2, 0) is 16.6 Å². The Hall–Kier alpha value is -3.26. The van der Waals surface area contributed by atoms with Crippen molar-refractivity contribution >= 4 is 21.6 Å². The molecule has 0 atom stereocenters. The van der Waals surface area contributed by atoms with E-state index in [0.717, 1.165) is 17.7 Å². The van der Waals surface area contributed by atoms with Crippen LogP contribution >= 0.6 is 0 Å². The number of amides is 1. The van der Waals surface area contributed by atoms with Gasteiger partial charge in [0, 0.05) is 24.5 Å². The van der Waals surface area contributed by atoms with Crippen molar-refractivity contribution in [2.45, 2.75) is 18.4 Å². The van der Waals surface area contributed by atoms with Crippen LogP contribution in [0.15, 0.2) is 71.9 Å². The zero-order valence-electron chi connectivity index (χ0n) is 15.0. The summed E-state index contributed by atoms with van der Waals surface area (Å²) in [6, 6.07) is 12.9. The summed E-state index contributed by atoms with van der Waals surface area (Å²) in [5.41, 5.74) is 2.08. The maximum Gasteiger partial charge on any atom is 0.261 e. The number of hydrogen-bond donors (Lipinski definition) is 2. The van der Waals surface area contributed by atoms with Crippen molar-refractivity contribution in [2.24, 2.45) is 0 Å². The molecule has 0 aliphatic heterocycles. The topological polar surface area (TPSA) is 88.2 Å². The zero-order chi connectivity index (χ0) is 20.1. The second kappa shape index (κ2) is 8.18. The summed E-state index contributed by atoms with van der Waals surface area (Å²) < 4.78 is 40.5. The highest BCUT2D eigenvalue weighted by Crippen LogP contribution is 2.21. The van der Waals surface area contributed by atoms with Crippen molar-refractivity contribution < 1.29 is 17.6 Å². The Labute approximate surface area is 162 Å². The van der Waals surface area contributed by atoms with Crippen molar-refractivity contribution in [1.82, 2.24) is 10.3 Å². The van der Waals surface area contributed by atoms with E-state index in [1.807, 2.05) is 6.07 Å². The van der Waals surface area contributed by atoms with Crippen LogP contribution in [-0.4, -0.2) is 19.3 Å². The number of sulfonamides is 1. The Bertz CT molecular complexity index is 1090. The number of anilines is 1. The number of aromatic nitrogens is 1. The zero-order valence-corrected chi connectivity index (χ0v) is 15.8. The first-order valence-corrected chi connectivity index (χ1v) is 9.89. The first-order chi connectivity index (χ1) is 13.3. The molecule has 0 saturated heterocycles. The molecule has 0 bridgehead atoms. The van der Waals surface area contributed by atoms with Gasteiger partial charge in [-0.1, -0.05) is 12.1 Å². The van der Waals surface area contributed by atoms with E-state index in [1.165, 1.54) is 18.2 Å². The van der Waals surface area contributed by atoms with Crippen LogP contribution in [0.1, 0.15) is 21.5 Å². The largest absolute Gasteiger partial charge is 0.348 e. The lowest BCUT2D eigenvalue weighted by Crippen LogP contribution is -2.23. The third-order valence-corrected chi connectivity index (χ3v) is 5.43. The molecule has 28 heavy (non-hydrogen) atoms. The van der Waals surface area contributed by atoms with Gasteiger partial charge >= 0.3 is 0 Å². The summed E-state index contributed by atoms with van der Waals surface area (Å²) >= 11 is 0. The molecule has 0 unspecified atom stereocenters. The Morgan fingerprint density at radius 2 is 1.86 bits per heavy atom. The number of aryl methyl sites for hydroxylation is 1. The highest BCUT2D eigenvalue weighted by atomic mass is 32.2. The minimum Gasteiger partial charge on any atom is -0.348 e. The highest BCUT2D eigenvalue weighted by Gasteiger charge is 2.17. The van der Waals surface area contributed by atoms with E-state index in [-0.39, 0.29) is 16.5 Å². The predicted octanol–water partition coefficient (Wildman–Crippen LogP) is 3.26. The molecule has 0 fully saturated rings. The second-order valence-electron chi connectivity index (χ2n) is 6.13. The van der Waals surface area contributed by atoms with Gasteiger partial charge in [0.1, 0.15) is 5.82 Å². The molecule has 1 amide bonds. The van der Waals surface area contributed by atoms with Crippen molar-refractivity contribution in [3.63, 3.8) is 0 Å². The quantitative estimate of drug-likeness (QED) is 0.666. The van der Waals surface area contributed by atoms with E-state index in [4.69, 9.17) is 0 Å². The molecule has 2 aromatic carbocycles. The molecule has 1 heterocycles. The molecule has 0 saturated carbocycles. The fourth-order valence-electron chi connectivity index (χ4n) is 2.48. The van der Waals surface area contributed by atoms with Gasteiger partial charge in [0.15, 0.2) is 0 Å². The van der Waals surface area contributed by atoms with Crippen LogP contribution in [0.2, 0.25) is 0 Å².